The molecule has 2 N–H and O–H groups in total. The van der Waals surface area contributed by atoms with E-state index < -0.39 is 10.8 Å². The molecule has 0 aliphatic carbocycles. The van der Waals surface area contributed by atoms with Crippen LogP contribution in [0.1, 0.15) is 16.1 Å². The van der Waals surface area contributed by atoms with Crippen LogP contribution in [0.4, 0.5) is 11.5 Å². The number of benzene rings is 1. The van der Waals surface area contributed by atoms with E-state index in [1.54, 1.807) is 12.3 Å². The van der Waals surface area contributed by atoms with Crippen LogP contribution in [0.25, 0.3) is 10.9 Å². The fourth-order valence-corrected chi connectivity index (χ4v) is 2.07. The number of amides is 1. The van der Waals surface area contributed by atoms with Crippen molar-refractivity contribution in [3.8, 4) is 0 Å². The Kier molecular flexibility index (Phi) is 3.26. The molecule has 8 heteroatoms. The second kappa shape index (κ2) is 5.24. The van der Waals surface area contributed by atoms with Crippen LogP contribution in [0.2, 0.25) is 0 Å². The fourth-order valence-electron chi connectivity index (χ4n) is 2.07. The van der Waals surface area contributed by atoms with E-state index in [2.05, 4.69) is 20.5 Å². The van der Waals surface area contributed by atoms with Gasteiger partial charge in [0.2, 0.25) is 0 Å². The smallest absolute Gasteiger partial charge is 0.277 e. The Bertz CT molecular complexity index is 887. The monoisotopic (exact) mass is 297 g/mol. The molecule has 1 amide bonds. The molecule has 0 unspecified atom stereocenters. The summed E-state index contributed by atoms with van der Waals surface area (Å²) in [4.78, 5) is 26.6. The first-order valence-electron chi connectivity index (χ1n) is 6.41. The Labute approximate surface area is 124 Å². The zero-order valence-corrected chi connectivity index (χ0v) is 11.5. The number of nitrogens with one attached hydrogen (secondary N) is 2. The summed E-state index contributed by atoms with van der Waals surface area (Å²) in [6.45, 7) is 1.88. The maximum absolute atomic E-state index is 12.3. The van der Waals surface area contributed by atoms with Crippen LogP contribution < -0.4 is 5.32 Å². The number of aromatic nitrogens is 3. The van der Waals surface area contributed by atoms with E-state index in [0.717, 1.165) is 5.56 Å². The van der Waals surface area contributed by atoms with Gasteiger partial charge >= 0.3 is 0 Å². The van der Waals surface area contributed by atoms with Gasteiger partial charge in [0.1, 0.15) is 5.82 Å². The Morgan fingerprint density at radius 1 is 1.32 bits per heavy atom. The van der Waals surface area contributed by atoms with Gasteiger partial charge in [-0.1, -0.05) is 0 Å². The minimum absolute atomic E-state index is 0.0852. The van der Waals surface area contributed by atoms with Gasteiger partial charge in [-0.05, 0) is 30.7 Å². The number of H-pyrrole nitrogens is 1. The molecule has 2 aromatic heterocycles. The Morgan fingerprint density at radius 3 is 2.86 bits per heavy atom. The largest absolute Gasteiger partial charge is 0.305 e. The summed E-state index contributed by atoms with van der Waals surface area (Å²) in [6, 6.07) is 7.71. The molecule has 3 rings (SSSR count). The van der Waals surface area contributed by atoms with E-state index in [1.807, 2.05) is 13.0 Å². The molecule has 22 heavy (non-hydrogen) atoms. The molecule has 2 heterocycles. The van der Waals surface area contributed by atoms with Crippen LogP contribution in [0, 0.1) is 17.0 Å². The van der Waals surface area contributed by atoms with Gasteiger partial charge in [0, 0.05) is 23.7 Å². The molecule has 0 radical (unpaired) electrons. The van der Waals surface area contributed by atoms with E-state index in [-0.39, 0.29) is 11.4 Å². The van der Waals surface area contributed by atoms with Gasteiger partial charge in [0.15, 0.2) is 5.69 Å². The van der Waals surface area contributed by atoms with Crippen molar-refractivity contribution in [3.63, 3.8) is 0 Å². The van der Waals surface area contributed by atoms with Gasteiger partial charge in [-0.3, -0.25) is 20.0 Å². The predicted molar refractivity (Wildman–Crippen MR) is 79.7 cm³/mol. The fraction of sp³-hybridized carbons (Fsp3) is 0.0714. The summed E-state index contributed by atoms with van der Waals surface area (Å²) in [5.41, 5.74) is 1.49. The number of hydrogen-bond donors (Lipinski definition) is 2. The summed E-state index contributed by atoms with van der Waals surface area (Å²) < 4.78 is 0. The third-order valence-corrected chi connectivity index (χ3v) is 3.13. The van der Waals surface area contributed by atoms with Crippen molar-refractivity contribution in [2.75, 3.05) is 5.32 Å². The SMILES string of the molecule is Cc1ccnc(NC(=O)c2n[nH]c3ccc([N+](=O)[O-])cc23)c1. The number of pyridine rings is 1. The van der Waals surface area contributed by atoms with E-state index >= 15 is 0 Å². The molecule has 0 aliphatic rings. The third kappa shape index (κ3) is 2.49. The molecule has 0 saturated carbocycles. The number of fused-ring (bicyclic) bond motifs is 1. The number of aryl methyl sites for hydroxylation is 1. The van der Waals surface area contributed by atoms with Gasteiger partial charge in [-0.25, -0.2) is 4.98 Å². The first-order chi connectivity index (χ1) is 10.5. The van der Waals surface area contributed by atoms with Crippen LogP contribution in [-0.4, -0.2) is 26.0 Å². The van der Waals surface area contributed by atoms with Gasteiger partial charge in [-0.15, -0.1) is 0 Å². The highest BCUT2D eigenvalue weighted by molar-refractivity contribution is 6.11. The van der Waals surface area contributed by atoms with Crippen LogP contribution in [0.5, 0.6) is 0 Å². The van der Waals surface area contributed by atoms with Crippen molar-refractivity contribution >= 4 is 28.3 Å². The van der Waals surface area contributed by atoms with Crippen LogP contribution >= 0.6 is 0 Å². The highest BCUT2D eigenvalue weighted by Crippen LogP contribution is 2.22. The topological polar surface area (TPSA) is 114 Å². The molecule has 1 aromatic carbocycles. The Balaban J connectivity index is 1.97. The van der Waals surface area contributed by atoms with Gasteiger partial charge < -0.3 is 5.32 Å². The Hall–Kier alpha value is -3.29. The number of carbonyl (C=O) groups is 1. The van der Waals surface area contributed by atoms with E-state index in [9.17, 15) is 14.9 Å². The molecule has 0 saturated heterocycles. The summed E-state index contributed by atoms with van der Waals surface area (Å²) in [5.74, 6) is -0.0866. The summed E-state index contributed by atoms with van der Waals surface area (Å²) in [5, 5.41) is 20.5. The quantitative estimate of drug-likeness (QED) is 0.569. The second-order valence-corrected chi connectivity index (χ2v) is 4.73. The number of aromatic amines is 1. The normalized spacial score (nSPS) is 10.6. The lowest BCUT2D eigenvalue weighted by molar-refractivity contribution is -0.384. The van der Waals surface area contributed by atoms with Crippen molar-refractivity contribution in [2.24, 2.45) is 0 Å². The lowest BCUT2D eigenvalue weighted by Gasteiger charge is -2.03. The van der Waals surface area contributed by atoms with Crippen molar-refractivity contribution < 1.29 is 9.72 Å². The number of non-ortho nitro benzene ring substituents is 1. The molecule has 0 atom stereocenters. The predicted octanol–water partition coefficient (Wildman–Crippen LogP) is 2.43. The van der Waals surface area contributed by atoms with E-state index in [0.29, 0.717) is 16.7 Å². The maximum Gasteiger partial charge on any atom is 0.277 e. The highest BCUT2D eigenvalue weighted by atomic mass is 16.6. The van der Waals surface area contributed by atoms with Crippen molar-refractivity contribution in [2.45, 2.75) is 6.92 Å². The van der Waals surface area contributed by atoms with Gasteiger partial charge in [0.25, 0.3) is 11.6 Å². The minimum Gasteiger partial charge on any atom is -0.305 e. The van der Waals surface area contributed by atoms with Crippen LogP contribution in [0.15, 0.2) is 36.5 Å². The molecule has 110 valence electrons. The summed E-state index contributed by atoms with van der Waals surface area (Å²) >= 11 is 0. The minimum atomic E-state index is -0.518. The van der Waals surface area contributed by atoms with E-state index in [4.69, 9.17) is 0 Å². The van der Waals surface area contributed by atoms with Crippen molar-refractivity contribution in [1.82, 2.24) is 15.2 Å². The molecule has 0 fully saturated rings. The molecule has 0 spiro atoms. The first-order valence-corrected chi connectivity index (χ1v) is 6.41. The second-order valence-electron chi connectivity index (χ2n) is 4.73. The first kappa shape index (κ1) is 13.7. The molecule has 3 aromatic rings. The molecule has 8 nitrogen and oxygen atoms in total. The zero-order chi connectivity index (χ0) is 15.7. The lowest BCUT2D eigenvalue weighted by Crippen LogP contribution is -2.13. The maximum atomic E-state index is 12.3. The van der Waals surface area contributed by atoms with Gasteiger partial charge in [0.05, 0.1) is 10.4 Å². The number of anilines is 1. The summed E-state index contributed by atoms with van der Waals surface area (Å²) in [7, 11) is 0. The average molecular weight is 297 g/mol. The Morgan fingerprint density at radius 2 is 2.14 bits per heavy atom. The van der Waals surface area contributed by atoms with Gasteiger partial charge in [-0.2, -0.15) is 5.10 Å². The van der Waals surface area contributed by atoms with Crippen molar-refractivity contribution in [3.05, 3.63) is 57.9 Å². The number of carbonyl (C=O) groups excluding carboxylic acids is 1. The standard InChI is InChI=1S/C14H11N5O3/c1-8-4-5-15-12(6-8)16-14(20)13-10-7-9(19(21)22)2-3-11(10)17-18-13/h2-7H,1H3,(H,17,18)(H,15,16,20). The van der Waals surface area contributed by atoms with E-state index in [1.165, 1.54) is 18.2 Å². The number of nitro groups is 1. The molecule has 0 aliphatic heterocycles. The molecular weight excluding hydrogens is 286 g/mol. The molecule has 0 bridgehead atoms. The molecular formula is C14H11N5O3. The van der Waals surface area contributed by atoms with Crippen molar-refractivity contribution in [1.29, 1.82) is 0 Å². The summed E-state index contributed by atoms with van der Waals surface area (Å²) in [6.07, 6.45) is 1.58. The third-order valence-electron chi connectivity index (χ3n) is 3.13. The number of rotatable bonds is 3. The van der Waals surface area contributed by atoms with Crippen LogP contribution in [-0.2, 0) is 0 Å². The number of nitrogens with zero attached hydrogens (tertiary/aromatic N) is 3. The zero-order valence-electron chi connectivity index (χ0n) is 11.5. The number of hydrogen-bond acceptors (Lipinski definition) is 5. The lowest BCUT2D eigenvalue weighted by atomic mass is 10.2. The average Bonchev–Trinajstić information content (AvgIpc) is 2.90. The van der Waals surface area contributed by atoms with Crippen LogP contribution in [0.3, 0.4) is 0 Å². The highest BCUT2D eigenvalue weighted by Gasteiger charge is 2.17. The number of nitro benzene ring substituents is 1.